The molecule has 1 aliphatic rings. The SMILES string of the molecule is CC(O/N=[N+](/[O-])N(C)CCCCO)N1C(=O)c2ccccc2C1=O. The van der Waals surface area contributed by atoms with Crippen molar-refractivity contribution in [3.63, 3.8) is 0 Å². The molecule has 1 N–H and O–H groups in total. The molecule has 0 fully saturated rings. The van der Waals surface area contributed by atoms with Gasteiger partial charge in [-0.25, -0.2) is 4.90 Å². The number of aliphatic hydroxyl groups is 1. The number of carbonyl (C=O) groups is 2. The molecule has 1 atom stereocenters. The number of hydrogen-bond donors (Lipinski definition) is 1. The number of fused-ring (bicyclic) bond motifs is 1. The molecule has 0 bridgehead atoms. The molecular formula is C15H20N4O5. The molecule has 24 heavy (non-hydrogen) atoms. The van der Waals surface area contributed by atoms with Crippen LogP contribution in [0.4, 0.5) is 0 Å². The fourth-order valence-corrected chi connectivity index (χ4v) is 2.29. The van der Waals surface area contributed by atoms with E-state index in [-0.39, 0.29) is 11.6 Å². The average molecular weight is 336 g/mol. The van der Waals surface area contributed by atoms with Crippen LogP contribution in [0, 0.1) is 5.21 Å². The van der Waals surface area contributed by atoms with Crippen LogP contribution in [-0.4, -0.2) is 58.2 Å². The van der Waals surface area contributed by atoms with Gasteiger partial charge >= 0.3 is 0 Å². The lowest BCUT2D eigenvalue weighted by Crippen LogP contribution is -2.39. The molecule has 1 heterocycles. The van der Waals surface area contributed by atoms with Gasteiger partial charge in [0.2, 0.25) is 11.5 Å². The number of hydrazine groups is 1. The number of imide groups is 1. The van der Waals surface area contributed by atoms with E-state index in [0.717, 1.165) is 4.90 Å². The van der Waals surface area contributed by atoms with Gasteiger partial charge < -0.3 is 15.2 Å². The summed E-state index contributed by atoms with van der Waals surface area (Å²) in [5, 5.41) is 25.1. The summed E-state index contributed by atoms with van der Waals surface area (Å²) in [5.74, 6) is -0.959. The number of aliphatic hydroxyl groups excluding tert-OH is 1. The Labute approximate surface area is 139 Å². The third-order valence-electron chi connectivity index (χ3n) is 3.64. The number of carbonyl (C=O) groups excluding carboxylic acids is 2. The molecule has 130 valence electrons. The van der Waals surface area contributed by atoms with Crippen LogP contribution >= 0.6 is 0 Å². The van der Waals surface area contributed by atoms with Crippen LogP contribution in [0.3, 0.4) is 0 Å². The number of amides is 2. The second kappa shape index (κ2) is 7.73. The van der Waals surface area contributed by atoms with Crippen molar-refractivity contribution in [3.05, 3.63) is 40.6 Å². The Morgan fingerprint density at radius 3 is 2.42 bits per heavy atom. The quantitative estimate of drug-likeness (QED) is 0.251. The minimum atomic E-state index is -1.01. The van der Waals surface area contributed by atoms with Crippen molar-refractivity contribution >= 4 is 11.8 Å². The molecule has 1 unspecified atom stereocenters. The highest BCUT2D eigenvalue weighted by molar-refractivity contribution is 6.21. The van der Waals surface area contributed by atoms with E-state index in [9.17, 15) is 14.8 Å². The zero-order valence-corrected chi connectivity index (χ0v) is 13.6. The number of nitrogens with zero attached hydrogens (tertiary/aromatic N) is 4. The van der Waals surface area contributed by atoms with Gasteiger partial charge in [-0.3, -0.25) is 9.59 Å². The topological polar surface area (TPSA) is 109 Å². The van der Waals surface area contributed by atoms with Crippen molar-refractivity contribution in [3.8, 4) is 0 Å². The summed E-state index contributed by atoms with van der Waals surface area (Å²) in [4.78, 5) is 30.7. The Kier molecular flexibility index (Phi) is 5.69. The lowest BCUT2D eigenvalue weighted by Gasteiger charge is -2.19. The smallest absolute Gasteiger partial charge is 0.264 e. The van der Waals surface area contributed by atoms with Crippen molar-refractivity contribution in [2.45, 2.75) is 26.0 Å². The monoisotopic (exact) mass is 336 g/mol. The number of benzene rings is 1. The standard InChI is InChI=1S/C15H20N4O5/c1-11(24-16-19(23)17(2)9-5-6-10-20)18-14(21)12-7-3-4-8-13(12)15(18)22/h3-4,7-8,11,20H,5-6,9-10H2,1-2H3/b19-16+. The van der Waals surface area contributed by atoms with Gasteiger partial charge in [0.25, 0.3) is 11.8 Å². The van der Waals surface area contributed by atoms with Gasteiger partial charge in [0, 0.05) is 6.61 Å². The van der Waals surface area contributed by atoms with Crippen LogP contribution in [0.5, 0.6) is 0 Å². The summed E-state index contributed by atoms with van der Waals surface area (Å²) in [6.45, 7) is 1.90. The molecule has 0 aromatic heterocycles. The van der Waals surface area contributed by atoms with E-state index in [1.165, 1.54) is 19.0 Å². The van der Waals surface area contributed by atoms with Crippen LogP contribution in [0.1, 0.15) is 40.5 Å². The van der Waals surface area contributed by atoms with Gasteiger partial charge in [-0.1, -0.05) is 12.1 Å². The molecule has 0 saturated heterocycles. The van der Waals surface area contributed by atoms with E-state index in [0.29, 0.717) is 30.5 Å². The first-order valence-corrected chi connectivity index (χ1v) is 7.60. The molecule has 1 aromatic carbocycles. The van der Waals surface area contributed by atoms with E-state index in [4.69, 9.17) is 9.94 Å². The normalized spacial score (nSPS) is 15.5. The summed E-state index contributed by atoms with van der Waals surface area (Å²) in [7, 11) is 1.52. The molecule has 0 saturated carbocycles. The average Bonchev–Trinajstić information content (AvgIpc) is 2.84. The lowest BCUT2D eigenvalue weighted by molar-refractivity contribution is -0.707. The van der Waals surface area contributed by atoms with Crippen LogP contribution in [0.2, 0.25) is 0 Å². The summed E-state index contributed by atoms with van der Waals surface area (Å²) in [5.41, 5.74) is 0.608. The fourth-order valence-electron chi connectivity index (χ4n) is 2.29. The first-order valence-electron chi connectivity index (χ1n) is 7.60. The summed E-state index contributed by atoms with van der Waals surface area (Å²) >= 11 is 0. The third-order valence-corrected chi connectivity index (χ3v) is 3.64. The minimum absolute atomic E-state index is 0.0527. The van der Waals surface area contributed by atoms with Crippen LogP contribution in [0.15, 0.2) is 29.5 Å². The lowest BCUT2D eigenvalue weighted by atomic mass is 10.1. The summed E-state index contributed by atoms with van der Waals surface area (Å²) in [6.07, 6.45) is 0.180. The molecule has 1 aromatic rings. The molecule has 1 aliphatic heterocycles. The number of unbranched alkanes of at least 4 members (excludes halogenated alkanes) is 1. The highest BCUT2D eigenvalue weighted by Gasteiger charge is 2.39. The first-order chi connectivity index (χ1) is 11.5. The van der Waals surface area contributed by atoms with E-state index in [1.807, 2.05) is 0 Å². The van der Waals surface area contributed by atoms with Crippen molar-refractivity contribution in [2.75, 3.05) is 20.2 Å². The Hall–Kier alpha value is -2.68. The van der Waals surface area contributed by atoms with Crippen LogP contribution in [-0.2, 0) is 4.84 Å². The van der Waals surface area contributed by atoms with E-state index < -0.39 is 18.0 Å². The molecule has 2 amide bonds. The molecule has 0 radical (unpaired) electrons. The molecular weight excluding hydrogens is 316 g/mol. The number of rotatable bonds is 8. The van der Waals surface area contributed by atoms with Gasteiger partial charge in [0.15, 0.2) is 0 Å². The second-order valence-corrected chi connectivity index (χ2v) is 5.38. The maximum atomic E-state index is 12.3. The van der Waals surface area contributed by atoms with Crippen molar-refractivity contribution in [1.82, 2.24) is 9.91 Å². The van der Waals surface area contributed by atoms with Gasteiger partial charge in [-0.05, 0) is 31.9 Å². The highest BCUT2D eigenvalue weighted by Crippen LogP contribution is 2.24. The van der Waals surface area contributed by atoms with E-state index in [1.54, 1.807) is 24.3 Å². The Morgan fingerprint density at radius 2 is 1.88 bits per heavy atom. The first kappa shape index (κ1) is 17.7. The third kappa shape index (κ3) is 3.62. The molecule has 0 aliphatic carbocycles. The van der Waals surface area contributed by atoms with E-state index in [2.05, 4.69) is 5.28 Å². The maximum Gasteiger partial charge on any atom is 0.264 e. The van der Waals surface area contributed by atoms with Crippen LogP contribution in [0.25, 0.3) is 0 Å². The summed E-state index contributed by atoms with van der Waals surface area (Å²) < 4.78 is 0. The second-order valence-electron chi connectivity index (χ2n) is 5.38. The Morgan fingerprint density at radius 1 is 1.29 bits per heavy atom. The largest absolute Gasteiger partial charge is 0.569 e. The Bertz CT molecular complexity index is 614. The zero-order chi connectivity index (χ0) is 17.7. The predicted octanol–water partition coefficient (Wildman–Crippen LogP) is 1.14. The number of hydrogen-bond acceptors (Lipinski definition) is 6. The highest BCUT2D eigenvalue weighted by atomic mass is 16.7. The molecule has 9 heteroatoms. The molecule has 9 nitrogen and oxygen atoms in total. The zero-order valence-electron chi connectivity index (χ0n) is 13.6. The van der Waals surface area contributed by atoms with E-state index >= 15 is 0 Å². The van der Waals surface area contributed by atoms with Gasteiger partial charge in [0.05, 0.1) is 29.7 Å². The van der Waals surface area contributed by atoms with Crippen LogP contribution < -0.4 is 0 Å². The van der Waals surface area contributed by atoms with Crippen molar-refractivity contribution in [1.29, 1.82) is 0 Å². The Balaban J connectivity index is 1.98. The fraction of sp³-hybridized carbons (Fsp3) is 0.467. The van der Waals surface area contributed by atoms with Gasteiger partial charge in [-0.15, -0.1) is 5.01 Å². The van der Waals surface area contributed by atoms with Gasteiger partial charge in [0.1, 0.15) is 0 Å². The maximum absolute atomic E-state index is 12.3. The minimum Gasteiger partial charge on any atom is -0.569 e. The molecule has 2 rings (SSSR count). The predicted molar refractivity (Wildman–Crippen MR) is 82.5 cm³/mol. The van der Waals surface area contributed by atoms with Gasteiger partial charge in [-0.2, -0.15) is 0 Å². The van der Waals surface area contributed by atoms with Crippen molar-refractivity contribution < 1.29 is 24.5 Å². The molecule has 0 spiro atoms. The summed E-state index contributed by atoms with van der Waals surface area (Å²) in [6, 6.07) is 6.47. The van der Waals surface area contributed by atoms with Crippen molar-refractivity contribution in [2.24, 2.45) is 5.28 Å².